The summed E-state index contributed by atoms with van der Waals surface area (Å²) >= 11 is 6.41. The number of thiocarbonyl (C=S) groups is 1. The summed E-state index contributed by atoms with van der Waals surface area (Å²) < 4.78 is 6.06. The van der Waals surface area contributed by atoms with E-state index in [1.165, 1.54) is 11.8 Å². The monoisotopic (exact) mass is 192 g/mol. The zero-order valence-corrected chi connectivity index (χ0v) is 9.22. The second-order valence-corrected chi connectivity index (χ2v) is 4.42. The van der Waals surface area contributed by atoms with E-state index in [0.29, 0.717) is 10.3 Å². The van der Waals surface area contributed by atoms with Gasteiger partial charge < -0.3 is 4.74 Å². The van der Waals surface area contributed by atoms with E-state index in [4.69, 9.17) is 17.0 Å². The molecule has 0 radical (unpaired) electrons. The van der Waals surface area contributed by atoms with Crippen molar-refractivity contribution in [2.24, 2.45) is 5.92 Å². The van der Waals surface area contributed by atoms with E-state index >= 15 is 0 Å². The first-order valence-corrected chi connectivity index (χ1v) is 5.44. The largest absolute Gasteiger partial charge is 0.476 e. The van der Waals surface area contributed by atoms with E-state index in [0.717, 1.165) is 6.42 Å². The molecule has 0 aromatic carbocycles. The summed E-state index contributed by atoms with van der Waals surface area (Å²) in [6.45, 7) is 6.42. The summed E-state index contributed by atoms with van der Waals surface area (Å²) in [5.41, 5.74) is 0. The number of hydrogen-bond donors (Lipinski definition) is 0. The number of ether oxygens (including phenoxy) is 1. The molecule has 0 aliphatic carbocycles. The Kier molecular flexibility index (Phi) is 5.96. The van der Waals surface area contributed by atoms with E-state index in [2.05, 4.69) is 20.8 Å². The Morgan fingerprint density at radius 2 is 2.00 bits per heavy atom. The molecule has 0 aliphatic heterocycles. The van der Waals surface area contributed by atoms with Gasteiger partial charge in [-0.2, -0.15) is 0 Å². The lowest BCUT2D eigenvalue weighted by molar-refractivity contribution is 0.192. The van der Waals surface area contributed by atoms with E-state index in [9.17, 15) is 0 Å². The van der Waals surface area contributed by atoms with Crippen molar-refractivity contribution in [2.45, 2.75) is 33.3 Å². The maximum atomic E-state index is 5.40. The fourth-order valence-corrected chi connectivity index (χ4v) is 1.35. The number of hydrogen-bond acceptors (Lipinski definition) is 3. The smallest absolute Gasteiger partial charge is 0.219 e. The Morgan fingerprint density at radius 1 is 1.45 bits per heavy atom. The highest BCUT2D eigenvalue weighted by atomic mass is 32.2. The second-order valence-electron chi connectivity index (χ2n) is 3.01. The first kappa shape index (κ1) is 11.2. The first-order chi connectivity index (χ1) is 5.06. The van der Waals surface area contributed by atoms with Crippen molar-refractivity contribution in [2.75, 3.05) is 6.26 Å². The lowest BCUT2D eigenvalue weighted by Gasteiger charge is -2.15. The molecule has 1 atom stereocenters. The fraction of sp³-hybridized carbons (Fsp3) is 0.875. The SMILES string of the molecule is CSC(=S)OC(C)CC(C)C. The molecule has 3 heteroatoms. The highest BCUT2D eigenvalue weighted by Gasteiger charge is 2.06. The van der Waals surface area contributed by atoms with Crippen LogP contribution >= 0.6 is 24.0 Å². The van der Waals surface area contributed by atoms with Crippen LogP contribution in [0.25, 0.3) is 0 Å². The predicted octanol–water partition coefficient (Wildman–Crippen LogP) is 3.09. The van der Waals surface area contributed by atoms with E-state index in [1.54, 1.807) is 0 Å². The molecule has 0 N–H and O–H groups in total. The van der Waals surface area contributed by atoms with Gasteiger partial charge in [0.15, 0.2) is 0 Å². The molecule has 66 valence electrons. The molecule has 0 rings (SSSR count). The molecule has 0 aliphatic rings. The molecule has 0 spiro atoms. The summed E-state index contributed by atoms with van der Waals surface area (Å²) in [5.74, 6) is 0.676. The number of rotatable bonds is 3. The third kappa shape index (κ3) is 6.63. The van der Waals surface area contributed by atoms with Crippen LogP contribution in [0.4, 0.5) is 0 Å². The van der Waals surface area contributed by atoms with Crippen LogP contribution in [-0.4, -0.2) is 16.7 Å². The van der Waals surface area contributed by atoms with Crippen LogP contribution in [0.5, 0.6) is 0 Å². The van der Waals surface area contributed by atoms with Gasteiger partial charge in [-0.15, -0.1) is 0 Å². The van der Waals surface area contributed by atoms with Gasteiger partial charge in [-0.25, -0.2) is 0 Å². The van der Waals surface area contributed by atoms with Crippen LogP contribution in [0.2, 0.25) is 0 Å². The second kappa shape index (κ2) is 5.84. The maximum absolute atomic E-state index is 5.40. The first-order valence-electron chi connectivity index (χ1n) is 3.80. The van der Waals surface area contributed by atoms with Gasteiger partial charge in [0, 0.05) is 0 Å². The molecule has 0 fully saturated rings. The van der Waals surface area contributed by atoms with E-state index in [-0.39, 0.29) is 6.10 Å². The lowest BCUT2D eigenvalue weighted by atomic mass is 10.1. The van der Waals surface area contributed by atoms with Crippen LogP contribution < -0.4 is 0 Å². The van der Waals surface area contributed by atoms with Gasteiger partial charge in [-0.3, -0.25) is 0 Å². The normalized spacial score (nSPS) is 13.2. The summed E-state index contributed by atoms with van der Waals surface area (Å²) in [7, 11) is 0. The van der Waals surface area contributed by atoms with Crippen LogP contribution in [-0.2, 0) is 4.74 Å². The van der Waals surface area contributed by atoms with Crippen molar-refractivity contribution in [1.82, 2.24) is 0 Å². The summed E-state index contributed by atoms with van der Waals surface area (Å²) in [6.07, 6.45) is 3.26. The Bertz CT molecular complexity index is 123. The molecule has 0 saturated carbocycles. The minimum absolute atomic E-state index is 0.259. The highest BCUT2D eigenvalue weighted by Crippen LogP contribution is 2.11. The molecule has 0 aromatic rings. The molecule has 0 amide bonds. The summed E-state index contributed by atoms with van der Waals surface area (Å²) in [6, 6.07) is 0. The average molecular weight is 192 g/mol. The van der Waals surface area contributed by atoms with Gasteiger partial charge in [0.2, 0.25) is 4.38 Å². The van der Waals surface area contributed by atoms with E-state index < -0.39 is 0 Å². The molecule has 0 aromatic heterocycles. The van der Waals surface area contributed by atoms with Crippen LogP contribution in [0.3, 0.4) is 0 Å². The number of thioether (sulfide) groups is 1. The van der Waals surface area contributed by atoms with Gasteiger partial charge in [-0.05, 0) is 37.7 Å². The Morgan fingerprint density at radius 3 is 2.36 bits per heavy atom. The Balaban J connectivity index is 3.51. The van der Waals surface area contributed by atoms with Crippen molar-refractivity contribution in [3.05, 3.63) is 0 Å². The standard InChI is InChI=1S/C8H16OS2/c1-6(2)5-7(3)9-8(10)11-4/h6-7H,5H2,1-4H3. The zero-order chi connectivity index (χ0) is 8.85. The van der Waals surface area contributed by atoms with Gasteiger partial charge in [0.25, 0.3) is 0 Å². The van der Waals surface area contributed by atoms with Crippen molar-refractivity contribution in [1.29, 1.82) is 0 Å². The minimum Gasteiger partial charge on any atom is -0.476 e. The van der Waals surface area contributed by atoms with Crippen LogP contribution in [0, 0.1) is 5.92 Å². The van der Waals surface area contributed by atoms with Gasteiger partial charge in [-0.1, -0.05) is 25.6 Å². The third-order valence-corrected chi connectivity index (χ3v) is 2.29. The van der Waals surface area contributed by atoms with Crippen molar-refractivity contribution >= 4 is 28.4 Å². The summed E-state index contributed by atoms with van der Waals surface area (Å²) in [4.78, 5) is 0. The quantitative estimate of drug-likeness (QED) is 0.636. The van der Waals surface area contributed by atoms with Crippen molar-refractivity contribution in [3.63, 3.8) is 0 Å². The summed E-state index contributed by atoms with van der Waals surface area (Å²) in [5, 5.41) is 0. The molecule has 1 unspecified atom stereocenters. The Hall–Kier alpha value is 0.240. The maximum Gasteiger partial charge on any atom is 0.219 e. The van der Waals surface area contributed by atoms with Gasteiger partial charge in [0.1, 0.15) is 0 Å². The molecule has 0 heterocycles. The molecular weight excluding hydrogens is 176 g/mol. The average Bonchev–Trinajstić information content (AvgIpc) is 1.85. The Labute approximate surface area is 78.9 Å². The molecule has 0 bridgehead atoms. The molecule has 11 heavy (non-hydrogen) atoms. The highest BCUT2D eigenvalue weighted by molar-refractivity contribution is 8.22. The van der Waals surface area contributed by atoms with E-state index in [1.807, 2.05) is 6.26 Å². The van der Waals surface area contributed by atoms with Crippen molar-refractivity contribution in [3.8, 4) is 0 Å². The van der Waals surface area contributed by atoms with Crippen LogP contribution in [0.1, 0.15) is 27.2 Å². The lowest BCUT2D eigenvalue weighted by Crippen LogP contribution is -2.13. The molecular formula is C8H16OS2. The topological polar surface area (TPSA) is 9.23 Å². The fourth-order valence-electron chi connectivity index (χ4n) is 0.924. The minimum atomic E-state index is 0.259. The van der Waals surface area contributed by atoms with Crippen molar-refractivity contribution < 1.29 is 4.74 Å². The third-order valence-electron chi connectivity index (χ3n) is 1.27. The molecule has 0 saturated heterocycles. The van der Waals surface area contributed by atoms with Gasteiger partial charge >= 0.3 is 0 Å². The zero-order valence-electron chi connectivity index (χ0n) is 7.59. The van der Waals surface area contributed by atoms with Gasteiger partial charge in [0.05, 0.1) is 6.10 Å². The molecule has 1 nitrogen and oxygen atoms in total. The predicted molar refractivity (Wildman–Crippen MR) is 56.1 cm³/mol. The van der Waals surface area contributed by atoms with Crippen LogP contribution in [0.15, 0.2) is 0 Å².